The molecule has 0 heterocycles. The van der Waals surface area contributed by atoms with Gasteiger partial charge in [0.15, 0.2) is 0 Å². The SMILES string of the molecule is COC(=O)c1ccc(C)c(NS(=O)(=O)CCCCCl)c1. The van der Waals surface area contributed by atoms with Crippen LogP contribution in [0.15, 0.2) is 18.2 Å². The second-order valence-electron chi connectivity index (χ2n) is 4.34. The van der Waals surface area contributed by atoms with E-state index in [1.807, 2.05) is 0 Å². The van der Waals surface area contributed by atoms with E-state index in [9.17, 15) is 13.2 Å². The first-order valence-electron chi connectivity index (χ1n) is 6.15. The molecule has 1 N–H and O–H groups in total. The van der Waals surface area contributed by atoms with Crippen LogP contribution in [0.2, 0.25) is 0 Å². The van der Waals surface area contributed by atoms with Gasteiger partial charge < -0.3 is 4.74 Å². The number of hydrogen-bond donors (Lipinski definition) is 1. The largest absolute Gasteiger partial charge is 0.465 e. The summed E-state index contributed by atoms with van der Waals surface area (Å²) in [4.78, 5) is 11.4. The van der Waals surface area contributed by atoms with Crippen molar-refractivity contribution in [3.63, 3.8) is 0 Å². The van der Waals surface area contributed by atoms with E-state index in [0.29, 0.717) is 30.0 Å². The molecule has 112 valence electrons. The van der Waals surface area contributed by atoms with Crippen molar-refractivity contribution in [1.82, 2.24) is 0 Å². The average molecular weight is 320 g/mol. The number of carbonyl (C=O) groups excluding carboxylic acids is 1. The van der Waals surface area contributed by atoms with Gasteiger partial charge in [-0.3, -0.25) is 4.72 Å². The fourth-order valence-corrected chi connectivity index (χ4v) is 3.01. The van der Waals surface area contributed by atoms with Crippen molar-refractivity contribution in [2.75, 3.05) is 23.5 Å². The highest BCUT2D eigenvalue weighted by Gasteiger charge is 2.14. The van der Waals surface area contributed by atoms with Crippen LogP contribution in [0.4, 0.5) is 5.69 Å². The van der Waals surface area contributed by atoms with Crippen molar-refractivity contribution in [3.05, 3.63) is 29.3 Å². The molecule has 0 fully saturated rings. The summed E-state index contributed by atoms with van der Waals surface area (Å²) in [6.07, 6.45) is 1.14. The Bertz CT molecular complexity index is 572. The number of unbranched alkanes of at least 4 members (excludes halogenated alkanes) is 1. The lowest BCUT2D eigenvalue weighted by Gasteiger charge is -2.11. The zero-order valence-electron chi connectivity index (χ0n) is 11.5. The minimum Gasteiger partial charge on any atom is -0.465 e. The third-order valence-corrected chi connectivity index (χ3v) is 4.35. The molecule has 0 atom stereocenters. The first kappa shape index (κ1) is 16.8. The molecule has 20 heavy (non-hydrogen) atoms. The number of hydrogen-bond acceptors (Lipinski definition) is 4. The van der Waals surface area contributed by atoms with Crippen molar-refractivity contribution in [2.45, 2.75) is 19.8 Å². The summed E-state index contributed by atoms with van der Waals surface area (Å²) < 4.78 is 30.9. The molecule has 5 nitrogen and oxygen atoms in total. The summed E-state index contributed by atoms with van der Waals surface area (Å²) in [7, 11) is -2.16. The zero-order valence-corrected chi connectivity index (χ0v) is 13.1. The molecule has 0 aliphatic heterocycles. The molecule has 0 bridgehead atoms. The number of rotatable bonds is 7. The van der Waals surface area contributed by atoms with Crippen LogP contribution < -0.4 is 4.72 Å². The van der Waals surface area contributed by atoms with E-state index in [2.05, 4.69) is 9.46 Å². The molecule has 0 aliphatic carbocycles. The van der Waals surface area contributed by atoms with Crippen LogP contribution in [-0.2, 0) is 14.8 Å². The highest BCUT2D eigenvalue weighted by atomic mass is 35.5. The summed E-state index contributed by atoms with van der Waals surface area (Å²) >= 11 is 5.52. The number of methoxy groups -OCH3 is 1. The van der Waals surface area contributed by atoms with Crippen molar-refractivity contribution < 1.29 is 17.9 Å². The van der Waals surface area contributed by atoms with Crippen LogP contribution in [-0.4, -0.2) is 33.1 Å². The van der Waals surface area contributed by atoms with Gasteiger partial charge in [0.1, 0.15) is 0 Å². The number of sulfonamides is 1. The summed E-state index contributed by atoms with van der Waals surface area (Å²) in [5, 5.41) is 0. The van der Waals surface area contributed by atoms with Crippen molar-refractivity contribution in [3.8, 4) is 0 Å². The lowest BCUT2D eigenvalue weighted by molar-refractivity contribution is 0.0601. The maximum absolute atomic E-state index is 11.9. The van der Waals surface area contributed by atoms with Gasteiger partial charge in [-0.15, -0.1) is 11.6 Å². The number of benzene rings is 1. The van der Waals surface area contributed by atoms with Gasteiger partial charge in [0.2, 0.25) is 10.0 Å². The summed E-state index contributed by atoms with van der Waals surface area (Å²) in [6, 6.07) is 4.73. The van der Waals surface area contributed by atoms with E-state index in [1.54, 1.807) is 19.1 Å². The van der Waals surface area contributed by atoms with E-state index < -0.39 is 16.0 Å². The number of alkyl halides is 1. The maximum atomic E-state index is 11.9. The van der Waals surface area contributed by atoms with Crippen LogP contribution in [0, 0.1) is 6.92 Å². The number of nitrogens with one attached hydrogen (secondary N) is 1. The Labute approximate surface area is 124 Å². The van der Waals surface area contributed by atoms with Crippen LogP contribution in [0.25, 0.3) is 0 Å². The number of aryl methyl sites for hydroxylation is 1. The van der Waals surface area contributed by atoms with Crippen molar-refractivity contribution in [1.29, 1.82) is 0 Å². The molecule has 0 spiro atoms. The average Bonchev–Trinajstić information content (AvgIpc) is 2.40. The Morgan fingerprint density at radius 1 is 1.35 bits per heavy atom. The number of esters is 1. The van der Waals surface area contributed by atoms with Crippen molar-refractivity contribution in [2.24, 2.45) is 0 Å². The van der Waals surface area contributed by atoms with Gasteiger partial charge in [0.25, 0.3) is 0 Å². The summed E-state index contributed by atoms with van der Waals surface area (Å²) in [5.74, 6) is -0.0684. The van der Waals surface area contributed by atoms with Crippen molar-refractivity contribution >= 4 is 33.3 Å². The Hall–Kier alpha value is -1.27. The quantitative estimate of drug-likeness (QED) is 0.476. The van der Waals surface area contributed by atoms with E-state index in [-0.39, 0.29) is 5.75 Å². The highest BCUT2D eigenvalue weighted by molar-refractivity contribution is 7.92. The Morgan fingerprint density at radius 2 is 2.05 bits per heavy atom. The van der Waals surface area contributed by atoms with Gasteiger partial charge in [-0.25, -0.2) is 13.2 Å². The molecule has 0 radical (unpaired) electrons. The predicted octanol–water partition coefficient (Wildman–Crippen LogP) is 2.54. The molecule has 0 saturated heterocycles. The molecule has 0 saturated carbocycles. The second-order valence-corrected chi connectivity index (χ2v) is 6.56. The van der Waals surface area contributed by atoms with Gasteiger partial charge in [-0.2, -0.15) is 0 Å². The monoisotopic (exact) mass is 319 g/mol. The standard InChI is InChI=1S/C13H18ClNO4S/c1-10-5-6-11(13(16)19-2)9-12(10)15-20(17,18)8-4-3-7-14/h5-6,9,15H,3-4,7-8H2,1-2H3. The van der Waals surface area contributed by atoms with Gasteiger partial charge in [0.05, 0.1) is 24.1 Å². The molecule has 0 unspecified atom stereocenters. The smallest absolute Gasteiger partial charge is 0.337 e. The van der Waals surface area contributed by atoms with Crippen LogP contribution in [0.1, 0.15) is 28.8 Å². The predicted molar refractivity (Wildman–Crippen MR) is 79.9 cm³/mol. The number of halogens is 1. The van der Waals surface area contributed by atoms with Gasteiger partial charge in [-0.05, 0) is 37.5 Å². The van der Waals surface area contributed by atoms with Crippen LogP contribution in [0.5, 0.6) is 0 Å². The van der Waals surface area contributed by atoms with E-state index in [1.165, 1.54) is 13.2 Å². The van der Waals surface area contributed by atoms with Crippen LogP contribution >= 0.6 is 11.6 Å². The van der Waals surface area contributed by atoms with E-state index in [0.717, 1.165) is 5.56 Å². The number of anilines is 1. The molecule has 1 aromatic rings. The third kappa shape index (κ3) is 5.02. The second kappa shape index (κ2) is 7.50. The lowest BCUT2D eigenvalue weighted by atomic mass is 10.1. The van der Waals surface area contributed by atoms with Crippen LogP contribution in [0.3, 0.4) is 0 Å². The zero-order chi connectivity index (χ0) is 15.2. The molecular weight excluding hydrogens is 302 g/mol. The van der Waals surface area contributed by atoms with Gasteiger partial charge >= 0.3 is 5.97 Å². The highest BCUT2D eigenvalue weighted by Crippen LogP contribution is 2.19. The van der Waals surface area contributed by atoms with E-state index in [4.69, 9.17) is 11.6 Å². The molecule has 7 heteroatoms. The normalized spacial score (nSPS) is 11.2. The number of ether oxygens (including phenoxy) is 1. The fraction of sp³-hybridized carbons (Fsp3) is 0.462. The van der Waals surface area contributed by atoms with E-state index >= 15 is 0 Å². The molecule has 1 rings (SSSR count). The Morgan fingerprint density at radius 3 is 2.65 bits per heavy atom. The fourth-order valence-electron chi connectivity index (χ4n) is 1.58. The number of carbonyl (C=O) groups is 1. The molecule has 0 aromatic heterocycles. The first-order valence-corrected chi connectivity index (χ1v) is 8.33. The summed E-state index contributed by atoms with van der Waals surface area (Å²) in [6.45, 7) is 1.76. The molecule has 1 aromatic carbocycles. The topological polar surface area (TPSA) is 72.5 Å². The van der Waals surface area contributed by atoms with Gasteiger partial charge in [-0.1, -0.05) is 6.07 Å². The Kier molecular flexibility index (Phi) is 6.29. The molecule has 0 aliphatic rings. The van der Waals surface area contributed by atoms with Gasteiger partial charge in [0, 0.05) is 5.88 Å². The minimum absolute atomic E-state index is 0.00160. The Balaban J connectivity index is 2.88. The molecule has 0 amide bonds. The summed E-state index contributed by atoms with van der Waals surface area (Å²) in [5.41, 5.74) is 1.42. The minimum atomic E-state index is -3.44. The lowest BCUT2D eigenvalue weighted by Crippen LogP contribution is -2.18. The third-order valence-electron chi connectivity index (χ3n) is 2.72. The maximum Gasteiger partial charge on any atom is 0.337 e. The first-order chi connectivity index (χ1) is 9.39. The molecular formula is C13H18ClNO4S.